The zero-order valence-corrected chi connectivity index (χ0v) is 14.0. The van der Waals surface area contributed by atoms with Gasteiger partial charge in [-0.15, -0.1) is 0 Å². The highest BCUT2D eigenvalue weighted by Crippen LogP contribution is 2.41. The van der Waals surface area contributed by atoms with E-state index in [9.17, 15) is 4.39 Å². The number of rotatable bonds is 4. The highest BCUT2D eigenvalue weighted by molar-refractivity contribution is 5.31. The average molecular weight is 344 g/mol. The summed E-state index contributed by atoms with van der Waals surface area (Å²) in [7, 11) is 0. The molecule has 0 amide bonds. The number of hydrogen-bond donors (Lipinski definition) is 0. The molecule has 0 saturated carbocycles. The van der Waals surface area contributed by atoms with Crippen LogP contribution in [0.2, 0.25) is 0 Å². The molecule has 132 valence electrons. The van der Waals surface area contributed by atoms with E-state index in [2.05, 4.69) is 19.9 Å². The number of aromatic nitrogens is 3. The van der Waals surface area contributed by atoms with Gasteiger partial charge in [0.05, 0.1) is 12.7 Å². The molecule has 0 aromatic carbocycles. The molecule has 0 unspecified atom stereocenters. The van der Waals surface area contributed by atoms with Crippen molar-refractivity contribution >= 4 is 5.95 Å². The van der Waals surface area contributed by atoms with E-state index in [1.54, 1.807) is 18.5 Å². The van der Waals surface area contributed by atoms with Gasteiger partial charge in [-0.05, 0) is 37.5 Å². The van der Waals surface area contributed by atoms with E-state index in [0.29, 0.717) is 6.61 Å². The summed E-state index contributed by atoms with van der Waals surface area (Å²) in [5.41, 5.74) is -0.209. The number of pyridine rings is 1. The number of halogens is 1. The Morgan fingerprint density at radius 2 is 2.08 bits per heavy atom. The Morgan fingerprint density at radius 3 is 2.92 bits per heavy atom. The summed E-state index contributed by atoms with van der Waals surface area (Å²) in [6.07, 6.45) is 7.95. The molecule has 4 heterocycles. The predicted molar refractivity (Wildman–Crippen MR) is 90.0 cm³/mol. The number of piperidine rings is 1. The largest absolute Gasteiger partial charge is 0.475 e. The first-order valence-electron chi connectivity index (χ1n) is 8.64. The van der Waals surface area contributed by atoms with Crippen molar-refractivity contribution < 1.29 is 13.9 Å². The topological polar surface area (TPSA) is 60.4 Å². The number of nitrogens with zero attached hydrogens (tertiary/aromatic N) is 4. The molecular formula is C18H21FN4O2. The SMILES string of the molecule is Fc1cccnc1OC[C@]12CCCO[C@@H]1CCN(c1ncccn1)C2. The Kier molecular flexibility index (Phi) is 4.48. The monoisotopic (exact) mass is 344 g/mol. The lowest BCUT2D eigenvalue weighted by Gasteiger charge is -2.50. The van der Waals surface area contributed by atoms with Gasteiger partial charge in [0.1, 0.15) is 0 Å². The maximum atomic E-state index is 13.9. The Balaban J connectivity index is 1.55. The molecule has 2 aromatic rings. The Hall–Kier alpha value is -2.28. The molecule has 2 aliphatic rings. The van der Waals surface area contributed by atoms with Crippen LogP contribution in [0.1, 0.15) is 19.3 Å². The predicted octanol–water partition coefficient (Wildman–Crippen LogP) is 2.47. The lowest BCUT2D eigenvalue weighted by atomic mass is 9.73. The molecule has 4 rings (SSSR count). The molecular weight excluding hydrogens is 323 g/mol. The van der Waals surface area contributed by atoms with Crippen LogP contribution in [0.3, 0.4) is 0 Å². The summed E-state index contributed by atoms with van der Waals surface area (Å²) >= 11 is 0. The molecule has 0 aliphatic carbocycles. The maximum absolute atomic E-state index is 13.9. The second-order valence-corrected chi connectivity index (χ2v) is 6.66. The van der Waals surface area contributed by atoms with Gasteiger partial charge in [-0.1, -0.05) is 0 Å². The van der Waals surface area contributed by atoms with Crippen LogP contribution in [0.15, 0.2) is 36.8 Å². The van der Waals surface area contributed by atoms with Crippen LogP contribution < -0.4 is 9.64 Å². The fourth-order valence-electron chi connectivity index (χ4n) is 3.82. The summed E-state index contributed by atoms with van der Waals surface area (Å²) in [4.78, 5) is 14.9. The molecule has 6 nitrogen and oxygen atoms in total. The van der Waals surface area contributed by atoms with Crippen molar-refractivity contribution in [2.45, 2.75) is 25.4 Å². The number of ether oxygens (including phenoxy) is 2. The summed E-state index contributed by atoms with van der Waals surface area (Å²) in [5.74, 6) is 0.329. The van der Waals surface area contributed by atoms with Gasteiger partial charge in [-0.2, -0.15) is 0 Å². The molecule has 2 atom stereocenters. The molecule has 2 aliphatic heterocycles. The maximum Gasteiger partial charge on any atom is 0.250 e. The second-order valence-electron chi connectivity index (χ2n) is 6.66. The summed E-state index contributed by atoms with van der Waals surface area (Å²) in [6, 6.07) is 4.73. The van der Waals surface area contributed by atoms with Gasteiger partial charge in [0, 0.05) is 43.7 Å². The van der Waals surface area contributed by atoms with Crippen LogP contribution in [0.25, 0.3) is 0 Å². The van der Waals surface area contributed by atoms with E-state index in [1.807, 2.05) is 6.07 Å². The number of anilines is 1. The van der Waals surface area contributed by atoms with Gasteiger partial charge in [0.25, 0.3) is 0 Å². The van der Waals surface area contributed by atoms with E-state index >= 15 is 0 Å². The van der Waals surface area contributed by atoms with E-state index in [-0.39, 0.29) is 17.4 Å². The molecule has 2 aromatic heterocycles. The van der Waals surface area contributed by atoms with Crippen molar-refractivity contribution in [2.75, 3.05) is 31.2 Å². The molecule has 25 heavy (non-hydrogen) atoms. The molecule has 0 radical (unpaired) electrons. The molecule has 0 bridgehead atoms. The van der Waals surface area contributed by atoms with Crippen molar-refractivity contribution in [1.29, 1.82) is 0 Å². The first kappa shape index (κ1) is 16.2. The van der Waals surface area contributed by atoms with Gasteiger partial charge in [-0.3, -0.25) is 0 Å². The Labute approximate surface area is 146 Å². The minimum absolute atomic E-state index is 0.0503. The van der Waals surface area contributed by atoms with Crippen LogP contribution in [0.4, 0.5) is 10.3 Å². The number of fused-ring (bicyclic) bond motifs is 1. The van der Waals surface area contributed by atoms with Crippen LogP contribution in [0, 0.1) is 11.2 Å². The normalized spacial score (nSPS) is 26.1. The van der Waals surface area contributed by atoms with Gasteiger partial charge in [0.15, 0.2) is 5.82 Å². The van der Waals surface area contributed by atoms with Crippen molar-refractivity contribution in [1.82, 2.24) is 15.0 Å². The fourth-order valence-corrected chi connectivity index (χ4v) is 3.82. The first-order chi connectivity index (χ1) is 12.3. The van der Waals surface area contributed by atoms with Crippen LogP contribution >= 0.6 is 0 Å². The van der Waals surface area contributed by atoms with E-state index in [1.165, 1.54) is 12.3 Å². The van der Waals surface area contributed by atoms with Crippen molar-refractivity contribution in [3.05, 3.63) is 42.6 Å². The standard InChI is InChI=1S/C18H21FN4O2/c19-14-4-1-7-20-16(14)25-13-18-6-2-11-24-15(18)5-10-23(12-18)17-21-8-3-9-22-17/h1,3-4,7-9,15H,2,5-6,10-13H2/t15-,18-/m1/s1. The zero-order chi connectivity index (χ0) is 17.1. The summed E-state index contributed by atoms with van der Waals surface area (Å²) in [5, 5.41) is 0. The van der Waals surface area contributed by atoms with E-state index in [4.69, 9.17) is 9.47 Å². The molecule has 2 fully saturated rings. The Morgan fingerprint density at radius 1 is 1.24 bits per heavy atom. The van der Waals surface area contributed by atoms with Crippen LogP contribution in [-0.2, 0) is 4.74 Å². The van der Waals surface area contributed by atoms with Crippen LogP contribution in [0.5, 0.6) is 5.88 Å². The van der Waals surface area contributed by atoms with Gasteiger partial charge >= 0.3 is 0 Å². The first-order valence-corrected chi connectivity index (χ1v) is 8.64. The number of hydrogen-bond acceptors (Lipinski definition) is 6. The van der Waals surface area contributed by atoms with E-state index in [0.717, 1.165) is 44.9 Å². The molecule has 2 saturated heterocycles. The second kappa shape index (κ2) is 6.92. The third kappa shape index (κ3) is 3.28. The highest BCUT2D eigenvalue weighted by atomic mass is 19.1. The smallest absolute Gasteiger partial charge is 0.250 e. The zero-order valence-electron chi connectivity index (χ0n) is 14.0. The quantitative estimate of drug-likeness (QED) is 0.849. The minimum Gasteiger partial charge on any atom is -0.475 e. The fraction of sp³-hybridized carbons (Fsp3) is 0.500. The average Bonchev–Trinajstić information content (AvgIpc) is 2.67. The van der Waals surface area contributed by atoms with Crippen molar-refractivity contribution in [3.8, 4) is 5.88 Å². The molecule has 0 N–H and O–H groups in total. The summed E-state index contributed by atoms with van der Waals surface area (Å²) < 4.78 is 25.7. The summed E-state index contributed by atoms with van der Waals surface area (Å²) in [6.45, 7) is 2.71. The van der Waals surface area contributed by atoms with Crippen molar-refractivity contribution in [3.63, 3.8) is 0 Å². The highest BCUT2D eigenvalue weighted by Gasteiger charge is 2.47. The lowest BCUT2D eigenvalue weighted by Crippen LogP contribution is -2.57. The van der Waals surface area contributed by atoms with Gasteiger partial charge in [-0.25, -0.2) is 19.3 Å². The third-order valence-corrected chi connectivity index (χ3v) is 5.04. The molecule has 0 spiro atoms. The lowest BCUT2D eigenvalue weighted by molar-refractivity contribution is -0.110. The van der Waals surface area contributed by atoms with E-state index < -0.39 is 5.82 Å². The molecule has 7 heteroatoms. The Bertz CT molecular complexity index is 717. The minimum atomic E-state index is -0.439. The van der Waals surface area contributed by atoms with Crippen molar-refractivity contribution in [2.24, 2.45) is 5.41 Å². The third-order valence-electron chi connectivity index (χ3n) is 5.04. The van der Waals surface area contributed by atoms with Gasteiger partial charge < -0.3 is 14.4 Å². The van der Waals surface area contributed by atoms with Gasteiger partial charge in [0.2, 0.25) is 11.8 Å². The van der Waals surface area contributed by atoms with Crippen LogP contribution in [-0.4, -0.2) is 47.4 Å².